The zero-order valence-corrected chi connectivity index (χ0v) is 8.29. The number of carboxylic acids is 1. The highest BCUT2D eigenvalue weighted by Gasteiger charge is 2.34. The fourth-order valence-electron chi connectivity index (χ4n) is 1.41. The lowest BCUT2D eigenvalue weighted by Crippen LogP contribution is -2.45. The van der Waals surface area contributed by atoms with Crippen LogP contribution in [0.4, 0.5) is 0 Å². The minimum absolute atomic E-state index is 0.000463. The monoisotopic (exact) mass is 189 g/mol. The molecule has 0 amide bonds. The molecule has 0 heterocycles. The minimum Gasteiger partial charge on any atom is -0.481 e. The van der Waals surface area contributed by atoms with Gasteiger partial charge in [-0.05, 0) is 12.3 Å². The van der Waals surface area contributed by atoms with Gasteiger partial charge in [0.15, 0.2) is 0 Å². The molecule has 2 atom stereocenters. The molecule has 0 aliphatic heterocycles. The van der Waals surface area contributed by atoms with E-state index >= 15 is 0 Å². The van der Waals surface area contributed by atoms with E-state index in [1.165, 1.54) is 0 Å². The molecular weight excluding hydrogens is 170 g/mol. The first-order valence-corrected chi connectivity index (χ1v) is 4.60. The predicted molar refractivity (Wildman–Crippen MR) is 50.3 cm³/mol. The Labute approximate surface area is 78.7 Å². The molecule has 0 saturated heterocycles. The lowest BCUT2D eigenvalue weighted by atomic mass is 9.83. The van der Waals surface area contributed by atoms with Crippen molar-refractivity contribution >= 4 is 5.97 Å². The summed E-state index contributed by atoms with van der Waals surface area (Å²) in [6.45, 7) is 3.83. The van der Waals surface area contributed by atoms with Crippen LogP contribution in [0.15, 0.2) is 0 Å². The maximum Gasteiger partial charge on any atom is 0.306 e. The molecule has 78 valence electrons. The van der Waals surface area contributed by atoms with E-state index in [-0.39, 0.29) is 18.9 Å². The fourth-order valence-corrected chi connectivity index (χ4v) is 1.41. The summed E-state index contributed by atoms with van der Waals surface area (Å²) in [4.78, 5) is 10.5. The van der Waals surface area contributed by atoms with Crippen LogP contribution >= 0.6 is 0 Å². The number of carbonyl (C=O) groups is 1. The molecule has 0 aromatic heterocycles. The maximum absolute atomic E-state index is 10.5. The highest BCUT2D eigenvalue weighted by atomic mass is 16.4. The van der Waals surface area contributed by atoms with Crippen LogP contribution in [0.1, 0.15) is 33.1 Å². The largest absolute Gasteiger partial charge is 0.481 e. The lowest BCUT2D eigenvalue weighted by molar-refractivity contribution is -0.144. The van der Waals surface area contributed by atoms with Crippen LogP contribution < -0.4 is 5.73 Å². The van der Waals surface area contributed by atoms with Crippen molar-refractivity contribution < 1.29 is 15.0 Å². The number of hydrogen-bond acceptors (Lipinski definition) is 3. The van der Waals surface area contributed by atoms with Crippen LogP contribution in [0.25, 0.3) is 0 Å². The first kappa shape index (κ1) is 12.4. The number of rotatable bonds is 6. The summed E-state index contributed by atoms with van der Waals surface area (Å²) >= 11 is 0. The van der Waals surface area contributed by atoms with E-state index < -0.39 is 11.6 Å². The van der Waals surface area contributed by atoms with Gasteiger partial charge in [0.25, 0.3) is 0 Å². The number of aliphatic carboxylic acids is 1. The van der Waals surface area contributed by atoms with E-state index in [0.29, 0.717) is 0 Å². The highest BCUT2D eigenvalue weighted by molar-refractivity contribution is 5.68. The number of nitrogens with two attached hydrogens (primary N) is 1. The number of carboxylic acid groups (broad SMARTS) is 1. The zero-order valence-electron chi connectivity index (χ0n) is 8.29. The molecule has 2 unspecified atom stereocenters. The summed E-state index contributed by atoms with van der Waals surface area (Å²) in [5.41, 5.74) is 4.13. The normalized spacial score (nSPS) is 17.8. The summed E-state index contributed by atoms with van der Waals surface area (Å²) in [5, 5.41) is 18.5. The van der Waals surface area contributed by atoms with Gasteiger partial charge in [-0.3, -0.25) is 4.79 Å². The Bertz CT molecular complexity index is 172. The van der Waals surface area contributed by atoms with Crippen LogP contribution in [0.2, 0.25) is 0 Å². The van der Waals surface area contributed by atoms with Crippen LogP contribution in [-0.4, -0.2) is 28.3 Å². The smallest absolute Gasteiger partial charge is 0.306 e. The summed E-state index contributed by atoms with van der Waals surface area (Å²) in [5.74, 6) is -1.07. The van der Waals surface area contributed by atoms with Gasteiger partial charge in [-0.1, -0.05) is 20.3 Å². The summed E-state index contributed by atoms with van der Waals surface area (Å²) in [6.07, 6.45) is 1.44. The zero-order chi connectivity index (χ0) is 10.5. The quantitative estimate of drug-likeness (QED) is 0.571. The third-order valence-electron chi connectivity index (χ3n) is 2.45. The van der Waals surface area contributed by atoms with Crippen molar-refractivity contribution in [2.45, 2.75) is 38.7 Å². The molecule has 0 spiro atoms. The van der Waals surface area contributed by atoms with E-state index in [2.05, 4.69) is 0 Å². The van der Waals surface area contributed by atoms with Crippen LogP contribution in [0, 0.1) is 5.92 Å². The average molecular weight is 189 g/mol. The Kier molecular flexibility index (Phi) is 4.95. The third-order valence-corrected chi connectivity index (χ3v) is 2.45. The Morgan fingerprint density at radius 1 is 1.62 bits per heavy atom. The Balaban J connectivity index is 4.32. The summed E-state index contributed by atoms with van der Waals surface area (Å²) in [6, 6.07) is 0. The summed E-state index contributed by atoms with van der Waals surface area (Å²) < 4.78 is 0. The average Bonchev–Trinajstić information content (AvgIpc) is 2.03. The molecule has 4 heteroatoms. The molecule has 0 aromatic rings. The molecule has 0 aliphatic carbocycles. The number of aliphatic hydroxyl groups is 1. The van der Waals surface area contributed by atoms with Gasteiger partial charge >= 0.3 is 5.97 Å². The van der Waals surface area contributed by atoms with Crippen molar-refractivity contribution in [3.05, 3.63) is 0 Å². The molecule has 13 heavy (non-hydrogen) atoms. The molecule has 0 saturated carbocycles. The minimum atomic E-state index is -1.25. The van der Waals surface area contributed by atoms with Crippen molar-refractivity contribution in [1.82, 2.24) is 0 Å². The van der Waals surface area contributed by atoms with Gasteiger partial charge in [-0.15, -0.1) is 0 Å². The van der Waals surface area contributed by atoms with Crippen molar-refractivity contribution in [2.75, 3.05) is 6.54 Å². The van der Waals surface area contributed by atoms with Gasteiger partial charge < -0.3 is 15.9 Å². The van der Waals surface area contributed by atoms with Gasteiger partial charge in [-0.25, -0.2) is 0 Å². The highest BCUT2D eigenvalue weighted by Crippen LogP contribution is 2.24. The Morgan fingerprint density at radius 2 is 2.15 bits per heavy atom. The second kappa shape index (κ2) is 5.19. The Morgan fingerprint density at radius 3 is 2.46 bits per heavy atom. The molecule has 0 radical (unpaired) electrons. The van der Waals surface area contributed by atoms with Gasteiger partial charge in [-0.2, -0.15) is 0 Å². The van der Waals surface area contributed by atoms with E-state index in [0.717, 1.165) is 12.8 Å². The summed E-state index contributed by atoms with van der Waals surface area (Å²) in [7, 11) is 0. The van der Waals surface area contributed by atoms with Gasteiger partial charge in [0.2, 0.25) is 0 Å². The molecule has 0 aromatic carbocycles. The van der Waals surface area contributed by atoms with Gasteiger partial charge in [0.05, 0.1) is 12.0 Å². The predicted octanol–water partition coefficient (Wildman–Crippen LogP) is 0.587. The number of hydrogen-bond donors (Lipinski definition) is 3. The Hall–Kier alpha value is -0.610. The van der Waals surface area contributed by atoms with Gasteiger partial charge in [0, 0.05) is 6.54 Å². The van der Waals surface area contributed by atoms with Gasteiger partial charge in [0.1, 0.15) is 0 Å². The van der Waals surface area contributed by atoms with Crippen molar-refractivity contribution in [3.8, 4) is 0 Å². The van der Waals surface area contributed by atoms with Crippen molar-refractivity contribution in [3.63, 3.8) is 0 Å². The van der Waals surface area contributed by atoms with E-state index in [4.69, 9.17) is 10.8 Å². The second-order valence-corrected chi connectivity index (χ2v) is 3.57. The van der Waals surface area contributed by atoms with Crippen LogP contribution in [0.5, 0.6) is 0 Å². The van der Waals surface area contributed by atoms with E-state index in [1.807, 2.05) is 13.8 Å². The fraction of sp³-hybridized carbons (Fsp3) is 0.889. The molecular formula is C9H19NO3. The van der Waals surface area contributed by atoms with Crippen molar-refractivity contribution in [1.29, 1.82) is 0 Å². The second-order valence-electron chi connectivity index (χ2n) is 3.57. The lowest BCUT2D eigenvalue weighted by Gasteiger charge is -2.31. The topological polar surface area (TPSA) is 83.5 Å². The first-order valence-electron chi connectivity index (χ1n) is 4.60. The van der Waals surface area contributed by atoms with E-state index in [1.54, 1.807) is 0 Å². The molecule has 0 rings (SSSR count). The maximum atomic E-state index is 10.5. The molecule has 0 aliphatic rings. The SMILES string of the molecule is CCCC(C)C(O)(CN)CC(=O)O. The molecule has 4 N–H and O–H groups in total. The third kappa shape index (κ3) is 3.74. The van der Waals surface area contributed by atoms with Crippen LogP contribution in [0.3, 0.4) is 0 Å². The standard InChI is InChI=1S/C9H19NO3/c1-3-4-7(2)9(13,6-10)5-8(11)12/h7,13H,3-6,10H2,1-2H3,(H,11,12). The first-order chi connectivity index (χ1) is 5.96. The molecule has 0 bridgehead atoms. The van der Waals surface area contributed by atoms with Crippen LogP contribution in [-0.2, 0) is 4.79 Å². The van der Waals surface area contributed by atoms with Crippen molar-refractivity contribution in [2.24, 2.45) is 11.7 Å². The molecule has 0 fully saturated rings. The molecule has 4 nitrogen and oxygen atoms in total. The van der Waals surface area contributed by atoms with E-state index in [9.17, 15) is 9.90 Å².